The number of carbonyl (C=O) groups is 2. The lowest BCUT2D eigenvalue weighted by molar-refractivity contribution is -0.166. The zero-order chi connectivity index (χ0) is 21.8. The second kappa shape index (κ2) is 7.39. The lowest BCUT2D eigenvalue weighted by atomic mass is 9.76. The molecule has 2 aliphatic rings. The molecule has 2 amide bonds. The third-order valence-corrected chi connectivity index (χ3v) is 6.91. The van der Waals surface area contributed by atoms with E-state index in [0.29, 0.717) is 24.7 Å². The van der Waals surface area contributed by atoms with Gasteiger partial charge in [0.25, 0.3) is 5.91 Å². The van der Waals surface area contributed by atoms with E-state index in [2.05, 4.69) is 11.1 Å². The summed E-state index contributed by atoms with van der Waals surface area (Å²) in [5.74, 6) is -0.188. The number of carbonyl (C=O) groups excluding carboxylic acids is 2. The first-order valence-corrected chi connectivity index (χ1v) is 10.8. The van der Waals surface area contributed by atoms with Crippen molar-refractivity contribution in [3.8, 4) is 0 Å². The maximum atomic E-state index is 13.7. The summed E-state index contributed by atoms with van der Waals surface area (Å²) in [4.78, 5) is 33.8. The Balaban J connectivity index is 1.72. The first-order chi connectivity index (χ1) is 14.9. The molecule has 1 N–H and O–H groups in total. The number of aromatic amines is 1. The van der Waals surface area contributed by atoms with Crippen molar-refractivity contribution in [2.24, 2.45) is 0 Å². The number of H-pyrrole nitrogens is 1. The van der Waals surface area contributed by atoms with Crippen molar-refractivity contribution in [1.29, 1.82) is 0 Å². The van der Waals surface area contributed by atoms with Crippen molar-refractivity contribution >= 4 is 34.3 Å². The van der Waals surface area contributed by atoms with Crippen molar-refractivity contribution in [3.63, 3.8) is 0 Å². The number of rotatable bonds is 4. The van der Waals surface area contributed by atoms with Gasteiger partial charge in [-0.3, -0.25) is 9.59 Å². The van der Waals surface area contributed by atoms with E-state index in [0.717, 1.165) is 27.7 Å². The Bertz CT molecular complexity index is 1170. The Hall–Kier alpha value is -2.83. The molecule has 0 unspecified atom stereocenters. The standard InChI is InChI=1S/C24H24ClN3O3/c1-24-22-21(17-5-3-4-6-19(17)26-22)18(15-7-9-16(25)10-8-15)13-28(24)20(29)14-27(23(24)30)11-12-31-2/h3-10,18,26H,11-14H2,1-2H3/t18-,24+/m1/s1. The fraction of sp³-hybridized carbons (Fsp3) is 0.333. The SMILES string of the molecule is COCCN1CC(=O)N2C[C@H](c3ccc(Cl)cc3)c3c([nH]c4ccccc34)[C@@]2(C)C1=O. The number of hydrogen-bond donors (Lipinski definition) is 1. The number of hydrogen-bond acceptors (Lipinski definition) is 3. The molecule has 31 heavy (non-hydrogen) atoms. The number of amides is 2. The van der Waals surface area contributed by atoms with Gasteiger partial charge in [-0.1, -0.05) is 41.9 Å². The molecule has 0 spiro atoms. The third-order valence-electron chi connectivity index (χ3n) is 6.66. The van der Waals surface area contributed by atoms with Crippen molar-refractivity contribution in [2.45, 2.75) is 18.4 Å². The predicted molar refractivity (Wildman–Crippen MR) is 119 cm³/mol. The minimum atomic E-state index is -1.08. The molecule has 1 aromatic heterocycles. The highest BCUT2D eigenvalue weighted by Gasteiger charge is 2.56. The second-order valence-electron chi connectivity index (χ2n) is 8.36. The highest BCUT2D eigenvalue weighted by molar-refractivity contribution is 6.30. The average molecular weight is 438 g/mol. The smallest absolute Gasteiger partial charge is 0.255 e. The van der Waals surface area contributed by atoms with Crippen LogP contribution in [0.1, 0.15) is 29.7 Å². The van der Waals surface area contributed by atoms with Crippen LogP contribution in [0.25, 0.3) is 10.9 Å². The molecule has 0 radical (unpaired) electrons. The first kappa shape index (κ1) is 20.1. The molecule has 0 bridgehead atoms. The molecule has 0 aliphatic carbocycles. The Kier molecular flexibility index (Phi) is 4.79. The number of ether oxygens (including phenoxy) is 1. The summed E-state index contributed by atoms with van der Waals surface area (Å²) in [7, 11) is 1.59. The number of fused-ring (bicyclic) bond motifs is 5. The number of nitrogens with one attached hydrogen (secondary N) is 1. The van der Waals surface area contributed by atoms with Crippen LogP contribution in [0.2, 0.25) is 5.02 Å². The summed E-state index contributed by atoms with van der Waals surface area (Å²) >= 11 is 6.13. The normalized spacial score (nSPS) is 23.3. The minimum absolute atomic E-state index is 0.0542. The molecule has 1 fully saturated rings. The van der Waals surface area contributed by atoms with E-state index in [1.165, 1.54) is 0 Å². The summed E-state index contributed by atoms with van der Waals surface area (Å²) in [6, 6.07) is 15.8. The van der Waals surface area contributed by atoms with Gasteiger partial charge in [-0.05, 0) is 36.2 Å². The van der Waals surface area contributed by atoms with Crippen LogP contribution in [0.15, 0.2) is 48.5 Å². The Morgan fingerprint density at radius 2 is 1.90 bits per heavy atom. The van der Waals surface area contributed by atoms with Crippen LogP contribution in [0.3, 0.4) is 0 Å². The molecule has 3 aromatic rings. The first-order valence-electron chi connectivity index (χ1n) is 10.4. The second-order valence-corrected chi connectivity index (χ2v) is 8.80. The quantitative estimate of drug-likeness (QED) is 0.679. The molecule has 2 aliphatic heterocycles. The van der Waals surface area contributed by atoms with E-state index in [1.807, 2.05) is 49.4 Å². The van der Waals surface area contributed by atoms with Crippen LogP contribution >= 0.6 is 11.6 Å². The molecule has 0 saturated carbocycles. The number of methoxy groups -OCH3 is 1. The maximum Gasteiger partial charge on any atom is 0.255 e. The summed E-state index contributed by atoms with van der Waals surface area (Å²) in [6.45, 7) is 3.15. The van der Waals surface area contributed by atoms with Gasteiger partial charge in [-0.2, -0.15) is 0 Å². The van der Waals surface area contributed by atoms with Crippen molar-refractivity contribution in [2.75, 3.05) is 33.4 Å². The lowest BCUT2D eigenvalue weighted by Crippen LogP contribution is -2.67. The van der Waals surface area contributed by atoms with Gasteiger partial charge in [0.2, 0.25) is 5.91 Å². The summed E-state index contributed by atoms with van der Waals surface area (Å²) in [6.07, 6.45) is 0. The third kappa shape index (κ3) is 2.97. The van der Waals surface area contributed by atoms with Crippen LogP contribution in [-0.2, 0) is 19.9 Å². The van der Waals surface area contributed by atoms with Crippen molar-refractivity contribution in [3.05, 3.63) is 70.4 Å². The lowest BCUT2D eigenvalue weighted by Gasteiger charge is -2.51. The average Bonchev–Trinajstić information content (AvgIpc) is 3.17. The van der Waals surface area contributed by atoms with Gasteiger partial charge in [0.05, 0.1) is 18.8 Å². The van der Waals surface area contributed by atoms with Gasteiger partial charge in [0.1, 0.15) is 0 Å². The van der Waals surface area contributed by atoms with E-state index in [1.54, 1.807) is 16.9 Å². The van der Waals surface area contributed by atoms with Gasteiger partial charge < -0.3 is 19.5 Å². The molecule has 6 nitrogen and oxygen atoms in total. The van der Waals surface area contributed by atoms with Gasteiger partial charge in [0.15, 0.2) is 5.54 Å². The van der Waals surface area contributed by atoms with E-state index < -0.39 is 5.54 Å². The van der Waals surface area contributed by atoms with Gasteiger partial charge in [0, 0.05) is 42.0 Å². The van der Waals surface area contributed by atoms with E-state index >= 15 is 0 Å². The predicted octanol–water partition coefficient (Wildman–Crippen LogP) is 3.50. The zero-order valence-corrected chi connectivity index (χ0v) is 18.3. The number of halogens is 1. The molecular formula is C24H24ClN3O3. The molecule has 2 aromatic carbocycles. The van der Waals surface area contributed by atoms with Gasteiger partial charge in [-0.25, -0.2) is 0 Å². The fourth-order valence-electron chi connectivity index (χ4n) is 5.05. The molecule has 7 heteroatoms. The maximum absolute atomic E-state index is 13.7. The number of piperazine rings is 1. The van der Waals surface area contributed by atoms with Gasteiger partial charge >= 0.3 is 0 Å². The summed E-state index contributed by atoms with van der Waals surface area (Å²) in [5, 5.41) is 1.74. The van der Waals surface area contributed by atoms with Crippen LogP contribution in [0.4, 0.5) is 0 Å². The highest BCUT2D eigenvalue weighted by Crippen LogP contribution is 2.48. The largest absolute Gasteiger partial charge is 0.383 e. The molecule has 5 rings (SSSR count). The molecular weight excluding hydrogens is 414 g/mol. The monoisotopic (exact) mass is 437 g/mol. The number of para-hydroxylation sites is 1. The molecule has 160 valence electrons. The molecule has 1 saturated heterocycles. The molecule has 3 heterocycles. The van der Waals surface area contributed by atoms with E-state index in [-0.39, 0.29) is 24.3 Å². The summed E-state index contributed by atoms with van der Waals surface area (Å²) < 4.78 is 5.16. The number of nitrogens with zero attached hydrogens (tertiary/aromatic N) is 2. The Morgan fingerprint density at radius 3 is 2.65 bits per heavy atom. The molecule has 2 atom stereocenters. The van der Waals surface area contributed by atoms with Crippen molar-refractivity contribution < 1.29 is 14.3 Å². The van der Waals surface area contributed by atoms with Crippen LogP contribution in [0.5, 0.6) is 0 Å². The van der Waals surface area contributed by atoms with Crippen LogP contribution < -0.4 is 0 Å². The number of benzene rings is 2. The number of aromatic nitrogens is 1. The fourth-order valence-corrected chi connectivity index (χ4v) is 5.18. The van der Waals surface area contributed by atoms with Crippen LogP contribution in [0, 0.1) is 0 Å². The minimum Gasteiger partial charge on any atom is -0.383 e. The summed E-state index contributed by atoms with van der Waals surface area (Å²) in [5.41, 5.74) is 2.82. The Morgan fingerprint density at radius 1 is 1.16 bits per heavy atom. The van der Waals surface area contributed by atoms with Gasteiger partial charge in [-0.15, -0.1) is 0 Å². The van der Waals surface area contributed by atoms with Crippen LogP contribution in [-0.4, -0.2) is 59.9 Å². The zero-order valence-electron chi connectivity index (χ0n) is 17.5. The van der Waals surface area contributed by atoms with Crippen molar-refractivity contribution in [1.82, 2.24) is 14.8 Å². The topological polar surface area (TPSA) is 65.6 Å². The van der Waals surface area contributed by atoms with E-state index in [4.69, 9.17) is 16.3 Å². The highest BCUT2D eigenvalue weighted by atomic mass is 35.5. The van der Waals surface area contributed by atoms with E-state index in [9.17, 15) is 9.59 Å². The Labute approximate surface area is 185 Å².